The Morgan fingerprint density at radius 1 is 1.09 bits per heavy atom. The van der Waals surface area contributed by atoms with E-state index in [9.17, 15) is 27.7 Å². The van der Waals surface area contributed by atoms with Gasteiger partial charge in [0, 0.05) is 44.9 Å². The third kappa shape index (κ3) is 4.46. The normalized spacial score (nSPS) is 19.4. The zero-order chi connectivity index (χ0) is 24.7. The summed E-state index contributed by atoms with van der Waals surface area (Å²) in [6.45, 7) is 2.11. The van der Waals surface area contributed by atoms with Crippen LogP contribution in [0, 0.1) is 15.9 Å². The monoisotopic (exact) mass is 519 g/mol. The van der Waals surface area contributed by atoms with E-state index in [0.717, 1.165) is 22.0 Å². The smallest absolute Gasteiger partial charge is 0.270 e. The first-order valence-electron chi connectivity index (χ1n) is 11.1. The number of sulfonamides is 1. The highest BCUT2D eigenvalue weighted by Gasteiger charge is 2.41. The number of piperazine rings is 1. The number of rotatable bonds is 5. The lowest BCUT2D eigenvalue weighted by molar-refractivity contribution is -0.384. The quantitative estimate of drug-likeness (QED) is 0.376. The molecular weight excluding hydrogens is 497 g/mol. The van der Waals surface area contributed by atoms with Crippen LogP contribution in [-0.2, 0) is 14.8 Å². The number of fused-ring (bicyclic) bond motifs is 1. The molecule has 0 radical (unpaired) electrons. The van der Waals surface area contributed by atoms with Gasteiger partial charge >= 0.3 is 0 Å². The van der Waals surface area contributed by atoms with Gasteiger partial charge in [-0.15, -0.1) is 0 Å². The first-order chi connectivity index (χ1) is 16.7. The second-order valence-electron chi connectivity index (χ2n) is 8.45. The average molecular weight is 520 g/mol. The Hall–Kier alpha value is -3.16. The molecule has 35 heavy (non-hydrogen) atoms. The van der Waals surface area contributed by atoms with Gasteiger partial charge in [-0.05, 0) is 43.2 Å². The van der Waals surface area contributed by atoms with Crippen LogP contribution in [0.5, 0.6) is 0 Å². The zero-order valence-electron chi connectivity index (χ0n) is 18.5. The minimum absolute atomic E-state index is 0.0137. The number of nitro benzene ring substituents is 1. The molecule has 0 spiro atoms. The summed E-state index contributed by atoms with van der Waals surface area (Å²) in [6, 6.07) is 8.41. The number of nitro groups is 1. The molecule has 5 rings (SSSR count). The molecule has 0 saturated carbocycles. The fraction of sp³-hybridized carbons (Fsp3) is 0.364. The van der Waals surface area contributed by atoms with Gasteiger partial charge in [-0.25, -0.2) is 17.8 Å². The summed E-state index contributed by atoms with van der Waals surface area (Å²) in [4.78, 5) is 32.1. The Bertz CT molecular complexity index is 1390. The van der Waals surface area contributed by atoms with Gasteiger partial charge in [0.2, 0.25) is 15.9 Å². The van der Waals surface area contributed by atoms with Gasteiger partial charge in [0.25, 0.3) is 5.69 Å². The molecule has 0 bridgehead atoms. The predicted molar refractivity (Wildman–Crippen MR) is 128 cm³/mol. The molecule has 184 valence electrons. The number of benzene rings is 2. The van der Waals surface area contributed by atoms with E-state index in [2.05, 4.69) is 4.98 Å². The predicted octanol–water partition coefficient (Wildman–Crippen LogP) is 2.85. The third-order valence-corrected chi connectivity index (χ3v) is 9.34. The van der Waals surface area contributed by atoms with Crippen molar-refractivity contribution in [3.63, 3.8) is 0 Å². The van der Waals surface area contributed by atoms with Crippen molar-refractivity contribution in [3.8, 4) is 0 Å². The maximum absolute atomic E-state index is 13.3. The first kappa shape index (κ1) is 23.6. The highest BCUT2D eigenvalue weighted by molar-refractivity contribution is 7.89. The van der Waals surface area contributed by atoms with Crippen molar-refractivity contribution in [1.29, 1.82) is 0 Å². The average Bonchev–Trinajstić information content (AvgIpc) is 3.51. The molecule has 2 aliphatic rings. The van der Waals surface area contributed by atoms with E-state index in [0.29, 0.717) is 44.5 Å². The van der Waals surface area contributed by atoms with Crippen molar-refractivity contribution in [2.45, 2.75) is 23.8 Å². The van der Waals surface area contributed by atoms with Crippen LogP contribution in [-0.4, -0.2) is 72.2 Å². The molecule has 13 heteroatoms. The van der Waals surface area contributed by atoms with Crippen LogP contribution in [0.2, 0.25) is 0 Å². The Balaban J connectivity index is 1.27. The number of carbonyl (C=O) groups is 1. The van der Waals surface area contributed by atoms with Gasteiger partial charge in [0.1, 0.15) is 11.9 Å². The number of carbonyl (C=O) groups excluding carboxylic acids is 1. The zero-order valence-corrected chi connectivity index (χ0v) is 20.2. The van der Waals surface area contributed by atoms with E-state index in [1.54, 1.807) is 11.0 Å². The lowest BCUT2D eigenvalue weighted by Crippen LogP contribution is -2.54. The van der Waals surface area contributed by atoms with Gasteiger partial charge in [-0.1, -0.05) is 11.3 Å². The molecule has 1 amide bonds. The summed E-state index contributed by atoms with van der Waals surface area (Å²) in [5.41, 5.74) is 0.696. The molecule has 0 aliphatic carbocycles. The van der Waals surface area contributed by atoms with Crippen molar-refractivity contribution in [2.75, 3.05) is 37.6 Å². The number of hydrogen-bond donors (Lipinski definition) is 0. The van der Waals surface area contributed by atoms with E-state index in [1.807, 2.05) is 4.90 Å². The van der Waals surface area contributed by atoms with Crippen LogP contribution in [0.25, 0.3) is 10.2 Å². The fourth-order valence-electron chi connectivity index (χ4n) is 4.50. The van der Waals surface area contributed by atoms with E-state index in [1.165, 1.54) is 39.9 Å². The van der Waals surface area contributed by atoms with Gasteiger partial charge in [0.05, 0.1) is 20.0 Å². The summed E-state index contributed by atoms with van der Waals surface area (Å²) < 4.78 is 41.4. The highest BCUT2D eigenvalue weighted by atomic mass is 32.2. The molecule has 1 atom stereocenters. The van der Waals surface area contributed by atoms with Crippen molar-refractivity contribution >= 4 is 48.3 Å². The lowest BCUT2D eigenvalue weighted by Gasteiger charge is -2.37. The third-order valence-electron chi connectivity index (χ3n) is 6.34. The van der Waals surface area contributed by atoms with Crippen LogP contribution >= 0.6 is 11.3 Å². The molecule has 10 nitrogen and oxygen atoms in total. The largest absolute Gasteiger partial charge is 0.345 e. The number of nitrogens with zero attached hydrogens (tertiary/aromatic N) is 5. The first-order valence-corrected chi connectivity index (χ1v) is 13.4. The van der Waals surface area contributed by atoms with Gasteiger partial charge in [-0.3, -0.25) is 14.9 Å². The summed E-state index contributed by atoms with van der Waals surface area (Å²) in [5, 5.41) is 11.8. The Morgan fingerprint density at radius 2 is 1.80 bits per heavy atom. The summed E-state index contributed by atoms with van der Waals surface area (Å²) >= 11 is 1.37. The van der Waals surface area contributed by atoms with Crippen molar-refractivity contribution in [1.82, 2.24) is 14.2 Å². The number of anilines is 1. The Labute approximate surface area is 204 Å². The minimum Gasteiger partial charge on any atom is -0.345 e. The Kier molecular flexibility index (Phi) is 6.15. The van der Waals surface area contributed by atoms with Crippen LogP contribution in [0.3, 0.4) is 0 Å². The standard InChI is InChI=1S/C22H22FN5O5S2/c23-15-3-6-17(7-4-15)35(32,33)27-9-1-2-19(27)21(29)25-10-12-26(13-11-25)22-24-18-8-5-16(28(30)31)14-20(18)34-22/h3-8,14,19H,1-2,9-13H2. The van der Waals surface area contributed by atoms with E-state index >= 15 is 0 Å². The van der Waals surface area contributed by atoms with E-state index in [4.69, 9.17) is 0 Å². The number of amides is 1. The highest BCUT2D eigenvalue weighted by Crippen LogP contribution is 2.32. The van der Waals surface area contributed by atoms with Crippen LogP contribution in [0.1, 0.15) is 12.8 Å². The maximum atomic E-state index is 13.3. The number of halogens is 1. The SMILES string of the molecule is O=C(C1CCCN1S(=O)(=O)c1ccc(F)cc1)N1CCN(c2nc3ccc([N+](=O)[O-])cc3s2)CC1. The molecule has 0 N–H and O–H groups in total. The van der Waals surface area contributed by atoms with Gasteiger partial charge in [0.15, 0.2) is 5.13 Å². The molecule has 2 saturated heterocycles. The maximum Gasteiger partial charge on any atom is 0.270 e. The fourth-order valence-corrected chi connectivity index (χ4v) is 7.20. The van der Waals surface area contributed by atoms with Gasteiger partial charge < -0.3 is 9.80 Å². The second-order valence-corrected chi connectivity index (χ2v) is 11.3. The summed E-state index contributed by atoms with van der Waals surface area (Å²) in [6.07, 6.45) is 1.02. The minimum atomic E-state index is -3.91. The Morgan fingerprint density at radius 3 is 2.49 bits per heavy atom. The lowest BCUT2D eigenvalue weighted by atomic mass is 10.2. The molecule has 3 aromatic rings. The summed E-state index contributed by atoms with van der Waals surface area (Å²) in [5.74, 6) is -0.755. The van der Waals surface area contributed by atoms with Crippen LogP contribution in [0.15, 0.2) is 47.4 Å². The summed E-state index contributed by atoms with van der Waals surface area (Å²) in [7, 11) is -3.91. The molecule has 3 heterocycles. The van der Waals surface area contributed by atoms with Crippen LogP contribution in [0.4, 0.5) is 15.2 Å². The molecule has 2 aliphatic heterocycles. The number of aromatic nitrogens is 1. The van der Waals surface area contributed by atoms with Crippen molar-refractivity contribution < 1.29 is 22.5 Å². The van der Waals surface area contributed by atoms with E-state index < -0.39 is 26.8 Å². The van der Waals surface area contributed by atoms with Gasteiger partial charge in [-0.2, -0.15) is 4.31 Å². The number of thiazole rings is 1. The molecule has 2 fully saturated rings. The van der Waals surface area contributed by atoms with Crippen molar-refractivity contribution in [2.24, 2.45) is 0 Å². The molecule has 1 unspecified atom stereocenters. The molecule has 1 aromatic heterocycles. The van der Waals surface area contributed by atoms with E-state index in [-0.39, 0.29) is 23.0 Å². The second kappa shape index (κ2) is 9.13. The number of hydrogen-bond acceptors (Lipinski definition) is 8. The molecule has 2 aromatic carbocycles. The van der Waals surface area contributed by atoms with Crippen molar-refractivity contribution in [3.05, 3.63) is 58.4 Å². The molecular formula is C22H22FN5O5S2. The topological polar surface area (TPSA) is 117 Å². The van der Waals surface area contributed by atoms with Crippen LogP contribution < -0.4 is 4.90 Å². The number of non-ortho nitro benzene ring substituents is 1.